The molecule has 0 aromatic heterocycles. The van der Waals surface area contributed by atoms with Crippen LogP contribution in [0.2, 0.25) is 0 Å². The van der Waals surface area contributed by atoms with Crippen LogP contribution in [0.5, 0.6) is 17.2 Å². The van der Waals surface area contributed by atoms with E-state index < -0.39 is 0 Å². The van der Waals surface area contributed by atoms with Crippen molar-refractivity contribution in [1.82, 2.24) is 0 Å². The molecule has 0 amide bonds. The summed E-state index contributed by atoms with van der Waals surface area (Å²) in [4.78, 5) is 12.5. The second kappa shape index (κ2) is 14.2. The number of esters is 1. The van der Waals surface area contributed by atoms with Crippen LogP contribution in [0.25, 0.3) is 11.1 Å². The third kappa shape index (κ3) is 8.79. The fourth-order valence-corrected chi connectivity index (χ4v) is 3.56. The second-order valence-corrected chi connectivity index (χ2v) is 9.05. The average Bonchev–Trinajstić information content (AvgIpc) is 2.90. The van der Waals surface area contributed by atoms with Crippen molar-refractivity contribution >= 4 is 5.97 Å². The van der Waals surface area contributed by atoms with Gasteiger partial charge in [0, 0.05) is 0 Å². The lowest BCUT2D eigenvalue weighted by molar-refractivity contribution is 0.0734. The third-order valence-electron chi connectivity index (χ3n) is 6.09. The lowest BCUT2D eigenvalue weighted by Crippen LogP contribution is -2.08. The number of hydrogen-bond donors (Lipinski definition) is 0. The quantitative estimate of drug-likeness (QED) is 0.134. The lowest BCUT2D eigenvalue weighted by atomic mass is 10.1. The van der Waals surface area contributed by atoms with Crippen LogP contribution < -0.4 is 14.2 Å². The fraction of sp³-hybridized carbons (Fsp3) is 0.387. The molecule has 3 rings (SSSR count). The molecule has 0 bridgehead atoms. The zero-order chi connectivity index (χ0) is 24.9. The van der Waals surface area contributed by atoms with Gasteiger partial charge in [-0.15, -0.1) is 0 Å². The minimum atomic E-state index is -0.383. The van der Waals surface area contributed by atoms with Gasteiger partial charge in [0.25, 0.3) is 0 Å². The van der Waals surface area contributed by atoms with Gasteiger partial charge in [0.2, 0.25) is 0 Å². The number of benzene rings is 3. The van der Waals surface area contributed by atoms with Gasteiger partial charge in [-0.05, 0) is 72.0 Å². The van der Waals surface area contributed by atoms with E-state index in [1.165, 1.54) is 25.7 Å². The van der Waals surface area contributed by atoms with E-state index in [1.807, 2.05) is 60.7 Å². The number of rotatable bonds is 14. The highest BCUT2D eigenvalue weighted by Crippen LogP contribution is 2.25. The largest absolute Gasteiger partial charge is 0.494 e. The summed E-state index contributed by atoms with van der Waals surface area (Å²) in [6.07, 6.45) is 7.12. The predicted octanol–water partition coefficient (Wildman–Crippen LogP) is 8.35. The first-order chi connectivity index (χ1) is 17.1. The van der Waals surface area contributed by atoms with Crippen LogP contribution in [0.3, 0.4) is 0 Å². The minimum absolute atomic E-state index is 0.383. The van der Waals surface area contributed by atoms with Crippen molar-refractivity contribution in [3.05, 3.63) is 78.4 Å². The summed E-state index contributed by atoms with van der Waals surface area (Å²) < 4.78 is 17.2. The van der Waals surface area contributed by atoms with E-state index in [1.54, 1.807) is 12.1 Å². The first-order valence-electron chi connectivity index (χ1n) is 12.9. The van der Waals surface area contributed by atoms with E-state index in [2.05, 4.69) is 20.8 Å². The van der Waals surface area contributed by atoms with Gasteiger partial charge in [0.05, 0.1) is 18.8 Å². The van der Waals surface area contributed by atoms with Gasteiger partial charge < -0.3 is 14.2 Å². The van der Waals surface area contributed by atoms with Crippen LogP contribution in [-0.4, -0.2) is 19.2 Å². The van der Waals surface area contributed by atoms with Crippen molar-refractivity contribution in [1.29, 1.82) is 0 Å². The van der Waals surface area contributed by atoms with E-state index in [0.717, 1.165) is 42.1 Å². The van der Waals surface area contributed by atoms with Crippen molar-refractivity contribution in [2.75, 3.05) is 13.2 Å². The van der Waals surface area contributed by atoms with Crippen LogP contribution in [0, 0.1) is 5.92 Å². The maximum absolute atomic E-state index is 12.5. The van der Waals surface area contributed by atoms with Gasteiger partial charge >= 0.3 is 5.97 Å². The Balaban J connectivity index is 1.48. The van der Waals surface area contributed by atoms with E-state index in [0.29, 0.717) is 23.8 Å². The van der Waals surface area contributed by atoms with E-state index in [9.17, 15) is 4.79 Å². The Bertz CT molecular complexity index is 1010. The van der Waals surface area contributed by atoms with Gasteiger partial charge in [-0.2, -0.15) is 0 Å². The average molecular weight is 475 g/mol. The van der Waals surface area contributed by atoms with E-state index in [-0.39, 0.29) is 5.97 Å². The summed E-state index contributed by atoms with van der Waals surface area (Å²) in [5.41, 5.74) is 2.63. The number of hydrogen-bond acceptors (Lipinski definition) is 4. The summed E-state index contributed by atoms with van der Waals surface area (Å²) >= 11 is 0. The first-order valence-corrected chi connectivity index (χ1v) is 12.9. The first kappa shape index (κ1) is 26.3. The highest BCUT2D eigenvalue weighted by molar-refractivity contribution is 5.91. The monoisotopic (exact) mass is 474 g/mol. The predicted molar refractivity (Wildman–Crippen MR) is 142 cm³/mol. The minimum Gasteiger partial charge on any atom is -0.494 e. The molecule has 1 atom stereocenters. The zero-order valence-electron chi connectivity index (χ0n) is 21.3. The van der Waals surface area contributed by atoms with Crippen LogP contribution in [-0.2, 0) is 0 Å². The fourth-order valence-electron chi connectivity index (χ4n) is 3.56. The van der Waals surface area contributed by atoms with Gasteiger partial charge in [-0.25, -0.2) is 4.79 Å². The molecule has 0 saturated heterocycles. The van der Waals surface area contributed by atoms with E-state index >= 15 is 0 Å². The molecule has 0 aliphatic carbocycles. The molecule has 0 aliphatic heterocycles. The lowest BCUT2D eigenvalue weighted by Gasteiger charge is -2.11. The molecule has 3 aromatic rings. The molecule has 0 heterocycles. The van der Waals surface area contributed by atoms with Crippen LogP contribution in [0.1, 0.15) is 69.7 Å². The van der Waals surface area contributed by atoms with Crippen molar-refractivity contribution in [3.63, 3.8) is 0 Å². The van der Waals surface area contributed by atoms with Crippen LogP contribution in [0.4, 0.5) is 0 Å². The van der Waals surface area contributed by atoms with Gasteiger partial charge in [-0.3, -0.25) is 0 Å². The molecule has 4 heteroatoms. The van der Waals surface area contributed by atoms with Crippen molar-refractivity contribution in [2.45, 2.75) is 59.3 Å². The molecule has 3 aromatic carbocycles. The Morgan fingerprint density at radius 3 is 1.83 bits per heavy atom. The maximum Gasteiger partial charge on any atom is 0.343 e. The summed E-state index contributed by atoms with van der Waals surface area (Å²) in [7, 11) is 0. The number of carbonyl (C=O) groups excluding carboxylic acids is 1. The van der Waals surface area contributed by atoms with Crippen LogP contribution >= 0.6 is 0 Å². The maximum atomic E-state index is 12.5. The molecule has 0 saturated carbocycles. The normalized spacial score (nSPS) is 11.6. The van der Waals surface area contributed by atoms with Gasteiger partial charge in [0.15, 0.2) is 0 Å². The Labute approximate surface area is 210 Å². The highest BCUT2D eigenvalue weighted by atomic mass is 16.5. The molecule has 35 heavy (non-hydrogen) atoms. The molecule has 0 N–H and O–H groups in total. The summed E-state index contributed by atoms with van der Waals surface area (Å²) in [5.74, 6) is 2.33. The molecule has 186 valence electrons. The van der Waals surface area contributed by atoms with Gasteiger partial charge in [0.1, 0.15) is 17.2 Å². The Morgan fingerprint density at radius 2 is 1.23 bits per heavy atom. The standard InChI is InChI=1S/C31H38O4/c1-4-6-7-8-9-22-33-28-18-14-27(15-19-28)31(32)35-30-20-12-26(13-21-30)25-10-16-29(17-11-25)34-23-24(3)5-2/h10-21,24H,4-9,22-23H2,1-3H3. The smallest absolute Gasteiger partial charge is 0.343 e. The molecule has 1 unspecified atom stereocenters. The molecular formula is C31H38O4. The number of ether oxygens (including phenoxy) is 3. The molecular weight excluding hydrogens is 436 g/mol. The molecule has 0 spiro atoms. The summed E-state index contributed by atoms with van der Waals surface area (Å²) in [6, 6.07) is 22.7. The molecule has 0 radical (unpaired) electrons. The van der Waals surface area contributed by atoms with E-state index in [4.69, 9.17) is 14.2 Å². The van der Waals surface area contributed by atoms with Gasteiger partial charge in [-0.1, -0.05) is 77.1 Å². The Kier molecular flexibility index (Phi) is 10.7. The number of carbonyl (C=O) groups is 1. The third-order valence-corrected chi connectivity index (χ3v) is 6.09. The summed E-state index contributed by atoms with van der Waals surface area (Å²) in [5, 5.41) is 0. The number of unbranched alkanes of at least 4 members (excludes halogenated alkanes) is 4. The molecule has 0 fully saturated rings. The van der Waals surface area contributed by atoms with Crippen molar-refractivity contribution in [2.24, 2.45) is 5.92 Å². The Hall–Kier alpha value is -3.27. The highest BCUT2D eigenvalue weighted by Gasteiger charge is 2.09. The zero-order valence-corrected chi connectivity index (χ0v) is 21.3. The van der Waals surface area contributed by atoms with Crippen molar-refractivity contribution < 1.29 is 19.0 Å². The van der Waals surface area contributed by atoms with Crippen LogP contribution in [0.15, 0.2) is 72.8 Å². The Morgan fingerprint density at radius 1 is 0.686 bits per heavy atom. The topological polar surface area (TPSA) is 44.8 Å². The van der Waals surface area contributed by atoms with Crippen molar-refractivity contribution in [3.8, 4) is 28.4 Å². The SMILES string of the molecule is CCCCCCCOc1ccc(C(=O)Oc2ccc(-c3ccc(OCC(C)CC)cc3)cc2)cc1. The summed E-state index contributed by atoms with van der Waals surface area (Å²) in [6.45, 7) is 7.99. The molecule has 4 nitrogen and oxygen atoms in total. The second-order valence-electron chi connectivity index (χ2n) is 9.05. The molecule has 0 aliphatic rings.